The van der Waals surface area contributed by atoms with Crippen molar-refractivity contribution in [1.29, 1.82) is 0 Å². The number of alkyl halides is 1. The van der Waals surface area contributed by atoms with Gasteiger partial charge in [-0.05, 0) is 0 Å². The van der Waals surface area contributed by atoms with Crippen molar-refractivity contribution in [3.05, 3.63) is 22.7 Å². The Morgan fingerprint density at radius 2 is 2.60 bits per heavy atom. The van der Waals surface area contributed by atoms with Crippen molar-refractivity contribution in [2.45, 2.75) is 6.04 Å². The van der Waals surface area contributed by atoms with Crippen LogP contribution in [-0.2, 0) is 4.74 Å². The van der Waals surface area contributed by atoms with Crippen LogP contribution in [0.4, 0.5) is 5.82 Å². The second-order valence-corrected chi connectivity index (χ2v) is 3.63. The maximum absolute atomic E-state index is 11.5. The quantitative estimate of drug-likeness (QED) is 0.737. The van der Waals surface area contributed by atoms with Crippen LogP contribution in [0.1, 0.15) is 0 Å². The van der Waals surface area contributed by atoms with Crippen LogP contribution in [0.15, 0.2) is 17.2 Å². The van der Waals surface area contributed by atoms with Gasteiger partial charge in [0.15, 0.2) is 5.82 Å². The summed E-state index contributed by atoms with van der Waals surface area (Å²) in [5.74, 6) is 0.849. The normalized spacial score (nSPS) is 21.7. The fraction of sp³-hybridized carbons (Fsp3) is 0.556. The van der Waals surface area contributed by atoms with Gasteiger partial charge in [-0.1, -0.05) is 0 Å². The molecule has 0 radical (unpaired) electrons. The number of hydrogen-bond acceptors (Lipinski definition) is 4. The SMILES string of the molecule is O=c1[nH]ccnc1N1CCOCC1CCl. The lowest BCUT2D eigenvalue weighted by atomic mass is 10.2. The van der Waals surface area contributed by atoms with Crippen LogP contribution >= 0.6 is 11.6 Å². The summed E-state index contributed by atoms with van der Waals surface area (Å²) in [6.07, 6.45) is 3.08. The number of ether oxygens (including phenoxy) is 1. The molecule has 0 bridgehead atoms. The summed E-state index contributed by atoms with van der Waals surface area (Å²) < 4.78 is 5.30. The minimum atomic E-state index is -0.186. The lowest BCUT2D eigenvalue weighted by Gasteiger charge is -2.34. The molecule has 15 heavy (non-hydrogen) atoms. The monoisotopic (exact) mass is 229 g/mol. The van der Waals surface area contributed by atoms with Gasteiger partial charge in [-0.25, -0.2) is 4.98 Å². The van der Waals surface area contributed by atoms with E-state index in [0.29, 0.717) is 31.5 Å². The van der Waals surface area contributed by atoms with Gasteiger partial charge in [0.25, 0.3) is 5.56 Å². The molecule has 1 aliphatic heterocycles. The zero-order chi connectivity index (χ0) is 10.7. The highest BCUT2D eigenvalue weighted by Crippen LogP contribution is 2.13. The van der Waals surface area contributed by atoms with Crippen molar-refractivity contribution in [3.63, 3.8) is 0 Å². The highest BCUT2D eigenvalue weighted by Gasteiger charge is 2.24. The van der Waals surface area contributed by atoms with Gasteiger partial charge >= 0.3 is 0 Å². The Hall–Kier alpha value is -1.07. The molecule has 1 fully saturated rings. The first kappa shape index (κ1) is 10.4. The van der Waals surface area contributed by atoms with Crippen molar-refractivity contribution in [2.24, 2.45) is 0 Å². The molecule has 0 aliphatic carbocycles. The standard InChI is InChI=1S/C9H12ClN3O2/c10-5-7-6-15-4-3-13(7)8-9(14)12-2-1-11-8/h1-2,7H,3-6H2,(H,12,14). The molecule has 0 aromatic carbocycles. The van der Waals surface area contributed by atoms with Gasteiger partial charge in [-0.15, -0.1) is 11.6 Å². The van der Waals surface area contributed by atoms with Crippen LogP contribution in [-0.4, -0.2) is 41.6 Å². The van der Waals surface area contributed by atoms with Crippen molar-refractivity contribution >= 4 is 17.4 Å². The van der Waals surface area contributed by atoms with Crippen molar-refractivity contribution in [1.82, 2.24) is 9.97 Å². The van der Waals surface area contributed by atoms with Crippen LogP contribution < -0.4 is 10.5 Å². The molecule has 1 N–H and O–H groups in total. The Kier molecular flexibility index (Phi) is 3.23. The number of rotatable bonds is 2. The van der Waals surface area contributed by atoms with Crippen LogP contribution in [0.3, 0.4) is 0 Å². The van der Waals surface area contributed by atoms with Gasteiger partial charge in [-0.2, -0.15) is 0 Å². The van der Waals surface area contributed by atoms with Gasteiger partial charge in [-0.3, -0.25) is 4.79 Å². The molecule has 2 heterocycles. The summed E-state index contributed by atoms with van der Waals surface area (Å²) in [6.45, 7) is 1.79. The molecule has 0 saturated carbocycles. The van der Waals surface area contributed by atoms with E-state index < -0.39 is 0 Å². The number of anilines is 1. The van der Waals surface area contributed by atoms with E-state index in [9.17, 15) is 4.79 Å². The molecule has 0 amide bonds. The van der Waals surface area contributed by atoms with Crippen molar-refractivity contribution in [3.8, 4) is 0 Å². The van der Waals surface area contributed by atoms with E-state index in [-0.39, 0.29) is 11.6 Å². The number of nitrogens with one attached hydrogen (secondary N) is 1. The molecule has 1 saturated heterocycles. The van der Waals surface area contributed by atoms with Gasteiger partial charge in [0.1, 0.15) is 0 Å². The number of aromatic amines is 1. The average molecular weight is 230 g/mol. The summed E-state index contributed by atoms with van der Waals surface area (Å²) in [4.78, 5) is 20.1. The largest absolute Gasteiger partial charge is 0.377 e. The molecule has 82 valence electrons. The number of nitrogens with zero attached hydrogens (tertiary/aromatic N) is 2. The molecule has 1 aromatic rings. The smallest absolute Gasteiger partial charge is 0.290 e. The van der Waals surface area contributed by atoms with E-state index in [2.05, 4.69) is 9.97 Å². The third-order valence-corrected chi connectivity index (χ3v) is 2.72. The fourth-order valence-corrected chi connectivity index (χ4v) is 1.87. The first-order chi connectivity index (χ1) is 7.33. The van der Waals surface area contributed by atoms with Crippen LogP contribution in [0.25, 0.3) is 0 Å². The highest BCUT2D eigenvalue weighted by molar-refractivity contribution is 6.18. The van der Waals surface area contributed by atoms with E-state index in [1.807, 2.05) is 4.90 Å². The number of hydrogen-bond donors (Lipinski definition) is 1. The van der Waals surface area contributed by atoms with Gasteiger partial charge in [0.2, 0.25) is 0 Å². The Morgan fingerprint density at radius 1 is 1.73 bits per heavy atom. The number of H-pyrrole nitrogens is 1. The van der Waals surface area contributed by atoms with Gasteiger partial charge < -0.3 is 14.6 Å². The predicted octanol–water partition coefficient (Wildman–Crippen LogP) is 0.214. The molecular weight excluding hydrogens is 218 g/mol. The van der Waals surface area contributed by atoms with Crippen molar-refractivity contribution in [2.75, 3.05) is 30.5 Å². The zero-order valence-electron chi connectivity index (χ0n) is 8.15. The minimum absolute atomic E-state index is 0.0245. The number of aromatic nitrogens is 2. The fourth-order valence-electron chi connectivity index (χ4n) is 1.61. The first-order valence-corrected chi connectivity index (χ1v) is 5.30. The van der Waals surface area contributed by atoms with Crippen LogP contribution in [0.2, 0.25) is 0 Å². The highest BCUT2D eigenvalue weighted by atomic mass is 35.5. The summed E-state index contributed by atoms with van der Waals surface area (Å²) in [5.41, 5.74) is -0.186. The lowest BCUT2D eigenvalue weighted by Crippen LogP contribution is -2.49. The van der Waals surface area contributed by atoms with Gasteiger partial charge in [0.05, 0.1) is 19.3 Å². The lowest BCUT2D eigenvalue weighted by molar-refractivity contribution is 0.0992. The first-order valence-electron chi connectivity index (χ1n) is 4.77. The topological polar surface area (TPSA) is 58.2 Å². The number of halogens is 1. The molecule has 1 unspecified atom stereocenters. The van der Waals surface area contributed by atoms with E-state index in [1.165, 1.54) is 6.20 Å². The van der Waals surface area contributed by atoms with Crippen LogP contribution in [0, 0.1) is 0 Å². The molecular formula is C9H12ClN3O2. The Bertz CT molecular complexity index is 382. The Morgan fingerprint density at radius 3 is 3.33 bits per heavy atom. The molecule has 5 nitrogen and oxygen atoms in total. The maximum Gasteiger partial charge on any atom is 0.290 e. The van der Waals surface area contributed by atoms with Crippen LogP contribution in [0.5, 0.6) is 0 Å². The maximum atomic E-state index is 11.5. The van der Waals surface area contributed by atoms with E-state index in [4.69, 9.17) is 16.3 Å². The molecule has 1 aromatic heterocycles. The molecule has 0 spiro atoms. The average Bonchev–Trinajstić information content (AvgIpc) is 2.30. The van der Waals surface area contributed by atoms with E-state index in [1.54, 1.807) is 6.20 Å². The zero-order valence-corrected chi connectivity index (χ0v) is 8.91. The summed E-state index contributed by atoms with van der Waals surface area (Å²) in [7, 11) is 0. The Balaban J connectivity index is 2.28. The molecule has 1 aliphatic rings. The Labute approximate surface area is 92.0 Å². The molecule has 2 rings (SSSR count). The number of morpholine rings is 1. The molecule has 1 atom stereocenters. The molecule has 6 heteroatoms. The second kappa shape index (κ2) is 4.63. The van der Waals surface area contributed by atoms with E-state index in [0.717, 1.165) is 0 Å². The summed E-state index contributed by atoms with van der Waals surface area (Å²) in [6, 6.07) is 0.0245. The predicted molar refractivity (Wildman–Crippen MR) is 57.5 cm³/mol. The summed E-state index contributed by atoms with van der Waals surface area (Å²) in [5, 5.41) is 0. The van der Waals surface area contributed by atoms with Crippen molar-refractivity contribution < 1.29 is 4.74 Å². The van der Waals surface area contributed by atoms with Gasteiger partial charge in [0, 0.05) is 24.8 Å². The van der Waals surface area contributed by atoms with E-state index >= 15 is 0 Å². The third-order valence-electron chi connectivity index (χ3n) is 2.37. The second-order valence-electron chi connectivity index (χ2n) is 3.32. The third kappa shape index (κ3) is 2.13. The minimum Gasteiger partial charge on any atom is -0.377 e. The summed E-state index contributed by atoms with van der Waals surface area (Å²) >= 11 is 5.82.